The standard InChI is InChI=1S/C17H24N4O3/c1-12(10-13(2)22)19-16-14(11-18)15-4-3-5-21(15)17(16,23)20-6-8-24-9-7-20/h16,23H,3-10H2,1-2H3. The van der Waals surface area contributed by atoms with Crippen molar-refractivity contribution in [3.63, 3.8) is 0 Å². The Hall–Kier alpha value is -1.75. The smallest absolute Gasteiger partial charge is 0.226 e. The van der Waals surface area contributed by atoms with Gasteiger partial charge in [-0.25, -0.2) is 0 Å². The van der Waals surface area contributed by atoms with Crippen LogP contribution in [0.4, 0.5) is 0 Å². The van der Waals surface area contributed by atoms with E-state index < -0.39 is 11.9 Å². The van der Waals surface area contributed by atoms with Gasteiger partial charge in [0.25, 0.3) is 0 Å². The quantitative estimate of drug-likeness (QED) is 0.761. The number of carbonyl (C=O) groups is 1. The second kappa shape index (κ2) is 6.63. The number of ether oxygens (including phenoxy) is 1. The average Bonchev–Trinajstić information content (AvgIpc) is 3.11. The minimum Gasteiger partial charge on any atom is -0.379 e. The summed E-state index contributed by atoms with van der Waals surface area (Å²) < 4.78 is 5.41. The summed E-state index contributed by atoms with van der Waals surface area (Å²) in [4.78, 5) is 19.9. The van der Waals surface area contributed by atoms with Gasteiger partial charge in [0.1, 0.15) is 11.8 Å². The fraction of sp³-hybridized carbons (Fsp3) is 0.706. The number of hydrogen-bond donors (Lipinski definition) is 1. The number of aliphatic hydroxyl groups is 1. The van der Waals surface area contributed by atoms with Gasteiger partial charge in [0.2, 0.25) is 5.85 Å². The summed E-state index contributed by atoms with van der Waals surface area (Å²) in [7, 11) is 0. The second-order valence-corrected chi connectivity index (χ2v) is 6.66. The van der Waals surface area contributed by atoms with Crippen LogP contribution in [0, 0.1) is 11.3 Å². The molecule has 7 heteroatoms. The van der Waals surface area contributed by atoms with Crippen molar-refractivity contribution in [1.82, 2.24) is 9.80 Å². The zero-order valence-corrected chi connectivity index (χ0v) is 14.3. The van der Waals surface area contributed by atoms with Crippen LogP contribution in [0.2, 0.25) is 0 Å². The van der Waals surface area contributed by atoms with E-state index in [1.54, 1.807) is 6.92 Å². The number of nitrogens with zero attached hydrogens (tertiary/aromatic N) is 4. The molecule has 2 saturated heterocycles. The molecule has 0 radical (unpaired) electrons. The van der Waals surface area contributed by atoms with Crippen LogP contribution < -0.4 is 0 Å². The molecule has 0 aromatic rings. The van der Waals surface area contributed by atoms with Gasteiger partial charge in [-0.1, -0.05) is 0 Å². The minimum absolute atomic E-state index is 0.0239. The van der Waals surface area contributed by atoms with Gasteiger partial charge in [-0.3, -0.25) is 14.7 Å². The SMILES string of the molecule is CC(=O)CC(C)=NC1C(C#N)=C2CCCN2C1(O)N1CCOCC1. The van der Waals surface area contributed by atoms with Crippen LogP contribution in [0.5, 0.6) is 0 Å². The van der Waals surface area contributed by atoms with E-state index in [0.717, 1.165) is 18.5 Å². The molecule has 1 N–H and O–H groups in total. The lowest BCUT2D eigenvalue weighted by molar-refractivity contribution is -0.214. The number of Topliss-reactive ketones (excluding diaryl/α,β-unsaturated/α-hetero) is 1. The first-order valence-electron chi connectivity index (χ1n) is 8.47. The van der Waals surface area contributed by atoms with Gasteiger partial charge < -0.3 is 14.7 Å². The first kappa shape index (κ1) is 17.1. The van der Waals surface area contributed by atoms with E-state index >= 15 is 0 Å². The number of fused-ring (bicyclic) bond motifs is 1. The molecule has 2 atom stereocenters. The van der Waals surface area contributed by atoms with Crippen LogP contribution in [0.1, 0.15) is 33.1 Å². The molecular formula is C17H24N4O3. The predicted molar refractivity (Wildman–Crippen MR) is 88.1 cm³/mol. The zero-order valence-electron chi connectivity index (χ0n) is 14.3. The van der Waals surface area contributed by atoms with Gasteiger partial charge in [-0.2, -0.15) is 5.26 Å². The third kappa shape index (κ3) is 2.75. The number of carbonyl (C=O) groups excluding carboxylic acids is 1. The summed E-state index contributed by atoms with van der Waals surface area (Å²) in [6, 6.07) is 1.60. The number of allylic oxidation sites excluding steroid dienone is 1. The summed E-state index contributed by atoms with van der Waals surface area (Å²) in [5.41, 5.74) is 2.08. The molecule has 3 aliphatic heterocycles. The van der Waals surface area contributed by atoms with Gasteiger partial charge in [0.15, 0.2) is 0 Å². The molecule has 0 saturated carbocycles. The van der Waals surface area contributed by atoms with Crippen LogP contribution in [0.3, 0.4) is 0 Å². The van der Waals surface area contributed by atoms with E-state index in [-0.39, 0.29) is 12.2 Å². The Balaban J connectivity index is 2.01. The number of morpholine rings is 1. The van der Waals surface area contributed by atoms with Gasteiger partial charge in [0.05, 0.1) is 24.9 Å². The van der Waals surface area contributed by atoms with E-state index in [4.69, 9.17) is 4.74 Å². The largest absolute Gasteiger partial charge is 0.379 e. The Kier molecular flexibility index (Phi) is 4.72. The van der Waals surface area contributed by atoms with Crippen molar-refractivity contribution >= 4 is 11.5 Å². The summed E-state index contributed by atoms with van der Waals surface area (Å²) in [5.74, 6) is -1.31. The lowest BCUT2D eigenvalue weighted by Gasteiger charge is -2.46. The molecule has 0 aliphatic carbocycles. The van der Waals surface area contributed by atoms with E-state index in [1.165, 1.54) is 6.92 Å². The molecular weight excluding hydrogens is 308 g/mol. The minimum atomic E-state index is -1.33. The molecule has 3 rings (SSSR count). The second-order valence-electron chi connectivity index (χ2n) is 6.66. The third-order valence-electron chi connectivity index (χ3n) is 4.92. The summed E-state index contributed by atoms with van der Waals surface area (Å²) >= 11 is 0. The van der Waals surface area contributed by atoms with Crippen molar-refractivity contribution in [2.75, 3.05) is 32.8 Å². The van der Waals surface area contributed by atoms with Gasteiger partial charge in [-0.05, 0) is 26.7 Å². The van der Waals surface area contributed by atoms with Crippen LogP contribution in [0.15, 0.2) is 16.3 Å². The van der Waals surface area contributed by atoms with Crippen LogP contribution in [-0.2, 0) is 9.53 Å². The molecule has 0 amide bonds. The van der Waals surface area contributed by atoms with Crippen molar-refractivity contribution in [2.24, 2.45) is 4.99 Å². The molecule has 3 heterocycles. The molecule has 0 aromatic carbocycles. The Morgan fingerprint density at radius 3 is 2.75 bits per heavy atom. The maximum Gasteiger partial charge on any atom is 0.226 e. The molecule has 0 bridgehead atoms. The first-order chi connectivity index (χ1) is 11.5. The summed E-state index contributed by atoms with van der Waals surface area (Å²) in [6.07, 6.45) is 1.95. The van der Waals surface area contributed by atoms with Crippen LogP contribution in [0.25, 0.3) is 0 Å². The number of hydrogen-bond acceptors (Lipinski definition) is 7. The molecule has 0 aromatic heterocycles. The van der Waals surface area contributed by atoms with Crippen LogP contribution >= 0.6 is 0 Å². The van der Waals surface area contributed by atoms with Crippen LogP contribution in [-0.4, -0.2) is 71.1 Å². The maximum absolute atomic E-state index is 11.6. The fourth-order valence-electron chi connectivity index (χ4n) is 3.96. The van der Waals surface area contributed by atoms with E-state index in [2.05, 4.69) is 11.1 Å². The number of aliphatic imine (C=N–C) groups is 1. The Bertz CT molecular complexity index is 630. The average molecular weight is 332 g/mol. The Morgan fingerprint density at radius 1 is 1.42 bits per heavy atom. The number of rotatable bonds is 4. The van der Waals surface area contributed by atoms with Gasteiger partial charge in [0, 0.05) is 37.5 Å². The maximum atomic E-state index is 11.6. The number of ketones is 1. The highest BCUT2D eigenvalue weighted by molar-refractivity contribution is 5.99. The molecule has 7 nitrogen and oxygen atoms in total. The van der Waals surface area contributed by atoms with Crippen molar-refractivity contribution in [3.8, 4) is 6.07 Å². The van der Waals surface area contributed by atoms with Gasteiger partial charge >= 0.3 is 0 Å². The fourth-order valence-corrected chi connectivity index (χ4v) is 3.96. The normalized spacial score (nSPS) is 31.3. The highest BCUT2D eigenvalue weighted by Gasteiger charge is 2.57. The zero-order chi connectivity index (χ0) is 17.3. The molecule has 130 valence electrons. The molecule has 3 aliphatic rings. The molecule has 2 fully saturated rings. The molecule has 2 unspecified atom stereocenters. The lowest BCUT2D eigenvalue weighted by atomic mass is 10.0. The molecule has 24 heavy (non-hydrogen) atoms. The van der Waals surface area contributed by atoms with Crippen molar-refractivity contribution in [1.29, 1.82) is 5.26 Å². The van der Waals surface area contributed by atoms with Crippen molar-refractivity contribution < 1.29 is 14.6 Å². The van der Waals surface area contributed by atoms with E-state index in [9.17, 15) is 15.2 Å². The summed E-state index contributed by atoms with van der Waals surface area (Å²) in [5, 5.41) is 21.3. The highest BCUT2D eigenvalue weighted by atomic mass is 16.5. The number of nitriles is 1. The third-order valence-corrected chi connectivity index (χ3v) is 4.92. The van der Waals surface area contributed by atoms with E-state index in [0.29, 0.717) is 44.1 Å². The topological polar surface area (TPSA) is 89.2 Å². The van der Waals surface area contributed by atoms with E-state index in [1.807, 2.05) is 9.80 Å². The summed E-state index contributed by atoms with van der Waals surface area (Å²) in [6.45, 7) is 6.31. The highest BCUT2D eigenvalue weighted by Crippen LogP contribution is 2.45. The molecule has 0 spiro atoms. The predicted octanol–water partition coefficient (Wildman–Crippen LogP) is 0.660. The van der Waals surface area contributed by atoms with Crippen molar-refractivity contribution in [3.05, 3.63) is 11.3 Å². The Morgan fingerprint density at radius 2 is 2.12 bits per heavy atom. The van der Waals surface area contributed by atoms with Gasteiger partial charge in [-0.15, -0.1) is 0 Å². The Labute approximate surface area is 142 Å². The van der Waals surface area contributed by atoms with Crippen molar-refractivity contribution in [2.45, 2.75) is 45.0 Å². The first-order valence-corrected chi connectivity index (χ1v) is 8.47. The monoisotopic (exact) mass is 332 g/mol. The lowest BCUT2D eigenvalue weighted by Crippen LogP contribution is -2.65.